The van der Waals surface area contributed by atoms with Crippen LogP contribution in [0.4, 0.5) is 5.69 Å². The zero-order valence-corrected chi connectivity index (χ0v) is 27.7. The van der Waals surface area contributed by atoms with Crippen LogP contribution in [0.2, 0.25) is 0 Å². The molecular weight excluding hydrogens is 584 g/mol. The number of likely N-dealkylation sites (tertiary alicyclic amines) is 1. The molecule has 46 heavy (non-hydrogen) atoms. The highest BCUT2D eigenvalue weighted by Crippen LogP contribution is 2.58. The zero-order chi connectivity index (χ0) is 32.7. The smallest absolute Gasteiger partial charge is 0.270 e. The number of aliphatic hydroxyl groups excluding tert-OH is 1. The molecule has 0 spiro atoms. The molecule has 1 aromatic carbocycles. The predicted octanol–water partition coefficient (Wildman–Crippen LogP) is 3.55. The number of rotatable bonds is 13. The molecule has 0 bridgehead atoms. The fourth-order valence-electron chi connectivity index (χ4n) is 7.97. The van der Waals surface area contributed by atoms with Crippen molar-refractivity contribution < 1.29 is 24.2 Å². The van der Waals surface area contributed by atoms with Gasteiger partial charge in [0.05, 0.1) is 5.41 Å². The quantitative estimate of drug-likeness (QED) is 0.247. The minimum absolute atomic E-state index is 0.00337. The summed E-state index contributed by atoms with van der Waals surface area (Å²) >= 11 is 0. The predicted molar refractivity (Wildman–Crippen MR) is 174 cm³/mol. The highest BCUT2D eigenvalue weighted by Gasteiger charge is 2.54. The van der Waals surface area contributed by atoms with Crippen molar-refractivity contribution in [1.29, 1.82) is 0 Å². The van der Waals surface area contributed by atoms with E-state index >= 15 is 0 Å². The summed E-state index contributed by atoms with van der Waals surface area (Å²) < 4.78 is 6.71. The third-order valence-corrected chi connectivity index (χ3v) is 11.7. The minimum atomic E-state index is -1.11. The molecule has 3 saturated carbocycles. The van der Waals surface area contributed by atoms with E-state index in [2.05, 4.69) is 34.9 Å². The van der Waals surface area contributed by atoms with E-state index in [1.165, 1.54) is 18.2 Å². The van der Waals surface area contributed by atoms with Crippen molar-refractivity contribution in [3.8, 4) is 0 Å². The number of anilines is 1. The Hall–Kier alpha value is -3.28. The molecule has 3 amide bonds. The average Bonchev–Trinajstić information content (AvgIpc) is 3.37. The van der Waals surface area contributed by atoms with Gasteiger partial charge in [-0.15, -0.1) is 0 Å². The van der Waals surface area contributed by atoms with Gasteiger partial charge < -0.3 is 25.8 Å². The number of aliphatic hydroxyl groups is 1. The molecule has 4 aliphatic rings. The molecule has 2 heterocycles. The molecule has 3 aliphatic carbocycles. The van der Waals surface area contributed by atoms with Crippen molar-refractivity contribution in [3.05, 3.63) is 47.8 Å². The van der Waals surface area contributed by atoms with Crippen LogP contribution in [-0.2, 0) is 26.8 Å². The lowest BCUT2D eigenvalue weighted by molar-refractivity contribution is -0.171. The van der Waals surface area contributed by atoms with Gasteiger partial charge in [0.25, 0.3) is 5.91 Å². The molecule has 6 rings (SSSR count). The fraction of sp³-hybridized carbons (Fsp3) is 0.657. The van der Waals surface area contributed by atoms with E-state index < -0.39 is 17.9 Å². The van der Waals surface area contributed by atoms with E-state index in [9.17, 15) is 19.5 Å². The molecule has 1 aliphatic heterocycles. The summed E-state index contributed by atoms with van der Waals surface area (Å²) in [4.78, 5) is 43.5. The van der Waals surface area contributed by atoms with Crippen molar-refractivity contribution in [2.75, 3.05) is 32.1 Å². The summed E-state index contributed by atoms with van der Waals surface area (Å²) in [6.07, 6.45) is 9.66. The van der Waals surface area contributed by atoms with E-state index in [1.54, 1.807) is 24.2 Å². The molecule has 4 fully saturated rings. The molecule has 4 atom stereocenters. The van der Waals surface area contributed by atoms with Gasteiger partial charge in [0, 0.05) is 45.7 Å². The molecule has 2 aromatic rings. The first-order valence-corrected chi connectivity index (χ1v) is 16.9. The van der Waals surface area contributed by atoms with Crippen LogP contribution in [-0.4, -0.2) is 76.7 Å². The lowest BCUT2D eigenvalue weighted by Gasteiger charge is -2.42. The van der Waals surface area contributed by atoms with Gasteiger partial charge in [-0.25, -0.2) is 0 Å². The van der Waals surface area contributed by atoms with Gasteiger partial charge in [-0.1, -0.05) is 51.7 Å². The number of benzene rings is 1. The van der Waals surface area contributed by atoms with Crippen LogP contribution in [0, 0.1) is 22.7 Å². The van der Waals surface area contributed by atoms with Crippen molar-refractivity contribution >= 4 is 23.4 Å². The number of nitrogens with zero attached hydrogens (tertiary/aromatic N) is 3. The van der Waals surface area contributed by atoms with E-state index in [0.717, 1.165) is 50.5 Å². The van der Waals surface area contributed by atoms with Crippen LogP contribution in [0.25, 0.3) is 0 Å². The molecule has 250 valence electrons. The highest BCUT2D eigenvalue weighted by atomic mass is 16.6. The highest BCUT2D eigenvalue weighted by molar-refractivity contribution is 6.01. The topological polar surface area (TPSA) is 138 Å². The number of ether oxygens (including phenoxy) is 1. The second-order valence-electron chi connectivity index (χ2n) is 14.9. The zero-order valence-electron chi connectivity index (χ0n) is 27.7. The number of carbonyl (C=O) groups excluding carboxylic acids is 3. The van der Waals surface area contributed by atoms with Crippen LogP contribution in [0.3, 0.4) is 0 Å². The maximum absolute atomic E-state index is 14.3. The van der Waals surface area contributed by atoms with E-state index in [0.29, 0.717) is 36.8 Å². The normalized spacial score (nSPS) is 25.4. The maximum atomic E-state index is 14.3. The molecule has 11 heteroatoms. The summed E-state index contributed by atoms with van der Waals surface area (Å²) in [5.41, 5.74) is 0.932. The van der Waals surface area contributed by atoms with Gasteiger partial charge in [0.15, 0.2) is 0 Å². The Labute approximate surface area is 271 Å². The summed E-state index contributed by atoms with van der Waals surface area (Å²) in [6, 6.07) is 8.43. The van der Waals surface area contributed by atoms with Gasteiger partial charge in [-0.2, -0.15) is 5.10 Å². The van der Waals surface area contributed by atoms with Crippen molar-refractivity contribution in [3.63, 3.8) is 0 Å². The Morgan fingerprint density at radius 3 is 2.43 bits per heavy atom. The average molecular weight is 635 g/mol. The standard InChI is InChI=1S/C35H50N6O5/c1-33(13-7-14-33)21-36-31(44)35(17-19-41(22-35)32(45)46-4)24-10-6-11-25(20-24)38-30(43)28(39-29(42)26-12-18-37-40(26)3)27(23-8-5-9-23)34(2)15-16-34/h6,10-12,18,20,23,27-28,32,45H,5,7-9,13-17,19,21-22H2,1-4H3,(H,36,44)(H,38,43)(H,39,42)/t27?,28-,32?,35?/m0/s1. The number of hydrogen-bond acceptors (Lipinski definition) is 7. The third-order valence-electron chi connectivity index (χ3n) is 11.7. The number of hydrogen-bond donors (Lipinski definition) is 4. The molecule has 1 aromatic heterocycles. The second-order valence-corrected chi connectivity index (χ2v) is 14.9. The SMILES string of the molecule is COC(O)N1CCC(C(=O)NCC2(C)CCC2)(c2cccc(NC(=O)[C@@H](NC(=O)c3ccnn3C)C(C3CCC3)C3(C)CC3)c2)C1. The number of nitrogens with one attached hydrogen (secondary N) is 3. The summed E-state index contributed by atoms with van der Waals surface area (Å²) in [6.45, 7) is 5.82. The summed E-state index contributed by atoms with van der Waals surface area (Å²) in [5, 5.41) is 24.1. The molecule has 4 N–H and O–H groups in total. The molecule has 11 nitrogen and oxygen atoms in total. The van der Waals surface area contributed by atoms with Crippen molar-refractivity contribution in [2.45, 2.75) is 89.5 Å². The minimum Gasteiger partial charge on any atom is -0.356 e. The van der Waals surface area contributed by atoms with E-state index in [-0.39, 0.29) is 41.0 Å². The molecular formula is C35H50N6O5. The Balaban J connectivity index is 1.27. The largest absolute Gasteiger partial charge is 0.356 e. The van der Waals surface area contributed by atoms with Gasteiger partial charge in [0.2, 0.25) is 18.2 Å². The van der Waals surface area contributed by atoms with Crippen LogP contribution < -0.4 is 16.0 Å². The molecule has 1 saturated heterocycles. The number of aromatic nitrogens is 2. The fourth-order valence-corrected chi connectivity index (χ4v) is 7.97. The first kappa shape index (κ1) is 32.7. The van der Waals surface area contributed by atoms with Crippen molar-refractivity contribution in [1.82, 2.24) is 25.3 Å². The first-order chi connectivity index (χ1) is 22.0. The second kappa shape index (κ2) is 12.7. The lowest BCUT2D eigenvalue weighted by Crippen LogP contribution is -2.54. The van der Waals surface area contributed by atoms with Gasteiger partial charge >= 0.3 is 0 Å². The monoisotopic (exact) mass is 634 g/mol. The van der Waals surface area contributed by atoms with E-state index in [1.807, 2.05) is 24.3 Å². The van der Waals surface area contributed by atoms with Gasteiger partial charge in [-0.3, -0.25) is 24.0 Å². The Morgan fingerprint density at radius 2 is 1.85 bits per heavy atom. The number of amides is 3. The number of methoxy groups -OCH3 is 1. The maximum Gasteiger partial charge on any atom is 0.270 e. The van der Waals surface area contributed by atoms with Crippen LogP contribution >= 0.6 is 0 Å². The summed E-state index contributed by atoms with van der Waals surface area (Å²) in [7, 11) is 3.16. The first-order valence-electron chi connectivity index (χ1n) is 16.9. The van der Waals surface area contributed by atoms with Crippen LogP contribution in [0.5, 0.6) is 0 Å². The van der Waals surface area contributed by atoms with Crippen LogP contribution in [0.1, 0.15) is 87.7 Å². The Morgan fingerprint density at radius 1 is 1.09 bits per heavy atom. The van der Waals surface area contributed by atoms with E-state index in [4.69, 9.17) is 4.74 Å². The van der Waals surface area contributed by atoms with Gasteiger partial charge in [-0.05, 0) is 78.5 Å². The lowest BCUT2D eigenvalue weighted by atomic mass is 9.66. The van der Waals surface area contributed by atoms with Gasteiger partial charge in [0.1, 0.15) is 11.7 Å². The van der Waals surface area contributed by atoms with Crippen molar-refractivity contribution in [2.24, 2.45) is 29.7 Å². The Bertz CT molecular complexity index is 1450. The molecule has 3 unspecified atom stereocenters. The third kappa shape index (κ3) is 6.33. The number of aryl methyl sites for hydroxylation is 1. The Kier molecular flexibility index (Phi) is 9.04. The summed E-state index contributed by atoms with van der Waals surface area (Å²) in [5.74, 6) is -0.256. The molecule has 0 radical (unpaired) electrons. The number of carbonyl (C=O) groups is 3. The van der Waals surface area contributed by atoms with Crippen LogP contribution in [0.15, 0.2) is 36.5 Å².